The van der Waals surface area contributed by atoms with Crippen LogP contribution in [0.2, 0.25) is 0 Å². The van der Waals surface area contributed by atoms with Crippen molar-refractivity contribution in [2.24, 2.45) is 0 Å². The number of anilines is 1. The third-order valence-electron chi connectivity index (χ3n) is 1.87. The van der Waals surface area contributed by atoms with Gasteiger partial charge in [-0.3, -0.25) is 5.32 Å². The topological polar surface area (TPSA) is 24.1 Å². The molecule has 0 aliphatic carbocycles. The van der Waals surface area contributed by atoms with Gasteiger partial charge < -0.3 is 5.32 Å². The SMILES string of the molecule is Fc1cccc2c1C(Cl)NCN2. The van der Waals surface area contributed by atoms with Crippen LogP contribution in [0.1, 0.15) is 11.1 Å². The van der Waals surface area contributed by atoms with Gasteiger partial charge in [0, 0.05) is 11.3 Å². The van der Waals surface area contributed by atoms with Gasteiger partial charge in [0.1, 0.15) is 11.3 Å². The van der Waals surface area contributed by atoms with Crippen LogP contribution in [0.25, 0.3) is 0 Å². The molecule has 2 nitrogen and oxygen atoms in total. The van der Waals surface area contributed by atoms with E-state index in [1.807, 2.05) is 6.07 Å². The molecule has 12 heavy (non-hydrogen) atoms. The lowest BCUT2D eigenvalue weighted by atomic mass is 10.1. The molecular formula is C8H8ClFN2. The van der Waals surface area contributed by atoms with E-state index in [-0.39, 0.29) is 5.82 Å². The second kappa shape index (κ2) is 2.92. The first-order chi connectivity index (χ1) is 5.79. The van der Waals surface area contributed by atoms with E-state index < -0.39 is 5.50 Å². The van der Waals surface area contributed by atoms with Crippen molar-refractivity contribution in [1.82, 2.24) is 5.32 Å². The molecule has 0 bridgehead atoms. The molecule has 1 atom stereocenters. The molecule has 1 aliphatic heterocycles. The smallest absolute Gasteiger partial charge is 0.131 e. The maximum Gasteiger partial charge on any atom is 0.131 e. The van der Waals surface area contributed by atoms with E-state index in [2.05, 4.69) is 10.6 Å². The number of fused-ring (bicyclic) bond motifs is 1. The summed E-state index contributed by atoms with van der Waals surface area (Å²) in [7, 11) is 0. The van der Waals surface area contributed by atoms with E-state index in [4.69, 9.17) is 11.6 Å². The summed E-state index contributed by atoms with van der Waals surface area (Å²) in [6, 6.07) is 4.88. The highest BCUT2D eigenvalue weighted by molar-refractivity contribution is 6.21. The highest BCUT2D eigenvalue weighted by atomic mass is 35.5. The zero-order valence-electron chi connectivity index (χ0n) is 6.27. The minimum Gasteiger partial charge on any atom is -0.372 e. The van der Waals surface area contributed by atoms with Crippen molar-refractivity contribution in [3.05, 3.63) is 29.6 Å². The number of benzene rings is 1. The Bertz CT molecular complexity index is 303. The lowest BCUT2D eigenvalue weighted by molar-refractivity contribution is 0.578. The van der Waals surface area contributed by atoms with Crippen LogP contribution in [0.5, 0.6) is 0 Å². The molecule has 1 aliphatic rings. The molecule has 0 saturated heterocycles. The van der Waals surface area contributed by atoms with Gasteiger partial charge in [-0.2, -0.15) is 0 Å². The molecule has 4 heteroatoms. The van der Waals surface area contributed by atoms with Crippen LogP contribution in [0.3, 0.4) is 0 Å². The normalized spacial score (nSPS) is 21.3. The van der Waals surface area contributed by atoms with Crippen molar-refractivity contribution in [2.75, 3.05) is 12.0 Å². The standard InChI is InChI=1S/C8H8ClFN2/c9-8-7-5(10)2-1-3-6(7)11-4-12-8/h1-3,8,11-12H,4H2. The van der Waals surface area contributed by atoms with Crippen molar-refractivity contribution in [2.45, 2.75) is 5.50 Å². The third-order valence-corrected chi connectivity index (χ3v) is 2.24. The summed E-state index contributed by atoms with van der Waals surface area (Å²) in [6.07, 6.45) is 0. The minimum atomic E-state index is -0.428. The van der Waals surface area contributed by atoms with E-state index in [0.29, 0.717) is 12.2 Å². The number of halogens is 2. The van der Waals surface area contributed by atoms with Crippen molar-refractivity contribution < 1.29 is 4.39 Å². The van der Waals surface area contributed by atoms with Gasteiger partial charge in [0.15, 0.2) is 0 Å². The predicted octanol–water partition coefficient (Wildman–Crippen LogP) is 2.04. The molecule has 0 aromatic heterocycles. The Morgan fingerprint density at radius 1 is 1.50 bits per heavy atom. The van der Waals surface area contributed by atoms with E-state index >= 15 is 0 Å². The molecule has 0 saturated carbocycles. The van der Waals surface area contributed by atoms with Gasteiger partial charge in [-0.1, -0.05) is 6.07 Å². The Labute approximate surface area is 74.7 Å². The fraction of sp³-hybridized carbons (Fsp3) is 0.250. The van der Waals surface area contributed by atoms with Gasteiger partial charge in [-0.15, -0.1) is 11.6 Å². The molecule has 2 N–H and O–H groups in total. The summed E-state index contributed by atoms with van der Waals surface area (Å²) in [5.74, 6) is -0.271. The first kappa shape index (κ1) is 7.83. The summed E-state index contributed by atoms with van der Waals surface area (Å²) in [5.41, 5.74) is 0.849. The molecule has 1 aromatic carbocycles. The Balaban J connectivity index is 2.53. The molecule has 0 spiro atoms. The van der Waals surface area contributed by atoms with Crippen molar-refractivity contribution in [3.63, 3.8) is 0 Å². The van der Waals surface area contributed by atoms with Crippen LogP contribution >= 0.6 is 11.6 Å². The van der Waals surface area contributed by atoms with E-state index in [0.717, 1.165) is 5.69 Å². The number of hydrogen-bond donors (Lipinski definition) is 2. The second-order valence-corrected chi connectivity index (χ2v) is 3.06. The van der Waals surface area contributed by atoms with E-state index in [1.165, 1.54) is 6.07 Å². The molecule has 1 aromatic rings. The third kappa shape index (κ3) is 1.15. The van der Waals surface area contributed by atoms with Crippen LogP contribution in [-0.4, -0.2) is 6.67 Å². The zero-order chi connectivity index (χ0) is 8.55. The molecule has 2 rings (SSSR count). The molecule has 0 radical (unpaired) electrons. The van der Waals surface area contributed by atoms with Crippen molar-refractivity contribution >= 4 is 17.3 Å². The predicted molar refractivity (Wildman–Crippen MR) is 46.6 cm³/mol. The van der Waals surface area contributed by atoms with Crippen molar-refractivity contribution in [3.8, 4) is 0 Å². The highest BCUT2D eigenvalue weighted by Crippen LogP contribution is 2.30. The molecular weight excluding hydrogens is 179 g/mol. The van der Waals surface area contributed by atoms with Gasteiger partial charge in [-0.25, -0.2) is 4.39 Å². The quantitative estimate of drug-likeness (QED) is 0.479. The summed E-state index contributed by atoms with van der Waals surface area (Å²) in [5, 5.41) is 5.89. The summed E-state index contributed by atoms with van der Waals surface area (Å²) in [6.45, 7) is 0.574. The second-order valence-electron chi connectivity index (χ2n) is 2.62. The number of rotatable bonds is 0. The van der Waals surface area contributed by atoms with Crippen molar-refractivity contribution in [1.29, 1.82) is 0 Å². The highest BCUT2D eigenvalue weighted by Gasteiger charge is 2.20. The maximum atomic E-state index is 13.2. The molecule has 64 valence electrons. The van der Waals surface area contributed by atoms with Gasteiger partial charge >= 0.3 is 0 Å². The number of alkyl halides is 1. The van der Waals surface area contributed by atoms with Crippen LogP contribution in [0.15, 0.2) is 18.2 Å². The summed E-state index contributed by atoms with van der Waals surface area (Å²) >= 11 is 5.86. The Morgan fingerprint density at radius 2 is 2.33 bits per heavy atom. The lowest BCUT2D eigenvalue weighted by Gasteiger charge is -2.23. The maximum absolute atomic E-state index is 13.2. The largest absolute Gasteiger partial charge is 0.372 e. The fourth-order valence-electron chi connectivity index (χ4n) is 1.29. The van der Waals surface area contributed by atoms with Gasteiger partial charge in [-0.05, 0) is 12.1 Å². The fourth-order valence-corrected chi connectivity index (χ4v) is 1.59. The Hall–Kier alpha value is -0.800. The monoisotopic (exact) mass is 186 g/mol. The van der Waals surface area contributed by atoms with E-state index in [9.17, 15) is 4.39 Å². The zero-order valence-corrected chi connectivity index (χ0v) is 7.03. The van der Waals surface area contributed by atoms with Crippen LogP contribution < -0.4 is 10.6 Å². The van der Waals surface area contributed by atoms with Crippen LogP contribution in [0.4, 0.5) is 10.1 Å². The Morgan fingerprint density at radius 3 is 3.08 bits per heavy atom. The number of nitrogens with one attached hydrogen (secondary N) is 2. The van der Waals surface area contributed by atoms with Gasteiger partial charge in [0.2, 0.25) is 0 Å². The van der Waals surface area contributed by atoms with Crippen LogP contribution in [-0.2, 0) is 0 Å². The Kier molecular flexibility index (Phi) is 1.90. The van der Waals surface area contributed by atoms with Gasteiger partial charge in [0.05, 0.1) is 6.67 Å². The molecule has 1 heterocycles. The molecule has 0 amide bonds. The number of hydrogen-bond acceptors (Lipinski definition) is 2. The summed E-state index contributed by atoms with van der Waals surface area (Å²) in [4.78, 5) is 0. The summed E-state index contributed by atoms with van der Waals surface area (Å²) < 4.78 is 13.2. The van der Waals surface area contributed by atoms with Gasteiger partial charge in [0.25, 0.3) is 0 Å². The first-order valence-electron chi connectivity index (χ1n) is 3.69. The molecule has 1 unspecified atom stereocenters. The average molecular weight is 187 g/mol. The lowest BCUT2D eigenvalue weighted by Crippen LogP contribution is -2.30. The minimum absolute atomic E-state index is 0.271. The van der Waals surface area contributed by atoms with Crippen LogP contribution in [0, 0.1) is 5.82 Å². The molecule has 0 fully saturated rings. The van der Waals surface area contributed by atoms with E-state index in [1.54, 1.807) is 6.07 Å². The average Bonchev–Trinajstić information content (AvgIpc) is 2.04. The first-order valence-corrected chi connectivity index (χ1v) is 4.12.